The van der Waals surface area contributed by atoms with E-state index in [1.165, 1.54) is 17.7 Å². The minimum absolute atomic E-state index is 0.557. The third-order valence-electron chi connectivity index (χ3n) is 3.51. The molecule has 0 aromatic heterocycles. The van der Waals surface area contributed by atoms with Gasteiger partial charge in [0, 0.05) is 36.9 Å². The van der Waals surface area contributed by atoms with E-state index in [-0.39, 0.29) is 0 Å². The molecule has 1 aromatic rings. The van der Waals surface area contributed by atoms with Crippen molar-refractivity contribution in [1.82, 2.24) is 5.32 Å². The monoisotopic (exact) mass is 248 g/mol. The van der Waals surface area contributed by atoms with Crippen molar-refractivity contribution in [3.63, 3.8) is 0 Å². The fourth-order valence-electron chi connectivity index (χ4n) is 2.64. The number of nitrogens with zero attached hydrogens (tertiary/aromatic N) is 1. The molecule has 0 bridgehead atoms. The van der Waals surface area contributed by atoms with Crippen LogP contribution >= 0.6 is 0 Å². The second-order valence-corrected chi connectivity index (χ2v) is 5.41. The molecule has 1 N–H and O–H groups in total. The maximum Gasteiger partial charge on any atom is 0.120 e. The van der Waals surface area contributed by atoms with E-state index in [4.69, 9.17) is 4.74 Å². The molecule has 2 rings (SSSR count). The van der Waals surface area contributed by atoms with E-state index in [1.54, 1.807) is 7.11 Å². The Morgan fingerprint density at radius 2 is 2.17 bits per heavy atom. The van der Waals surface area contributed by atoms with Gasteiger partial charge in [0.2, 0.25) is 0 Å². The molecule has 1 saturated heterocycles. The minimum atomic E-state index is 0.557. The van der Waals surface area contributed by atoms with Crippen molar-refractivity contribution < 1.29 is 4.74 Å². The predicted molar refractivity (Wildman–Crippen MR) is 76.6 cm³/mol. The molecular weight excluding hydrogens is 224 g/mol. The summed E-state index contributed by atoms with van der Waals surface area (Å²) in [6, 6.07) is 7.47. The van der Waals surface area contributed by atoms with Crippen LogP contribution in [0.1, 0.15) is 25.8 Å². The lowest BCUT2D eigenvalue weighted by molar-refractivity contribution is 0.414. The third-order valence-corrected chi connectivity index (χ3v) is 3.51. The standard InChI is InChI=1S/C15H24N2O/c1-11(2)16-13-7-8-17(10-13)15-9-14(18-4)6-5-12(15)3/h5-6,9,11,13,16H,7-8,10H2,1-4H3. The van der Waals surface area contributed by atoms with Crippen molar-refractivity contribution in [3.8, 4) is 5.75 Å². The second kappa shape index (κ2) is 5.61. The first kappa shape index (κ1) is 13.2. The van der Waals surface area contributed by atoms with Gasteiger partial charge in [-0.25, -0.2) is 0 Å². The summed E-state index contributed by atoms with van der Waals surface area (Å²) >= 11 is 0. The van der Waals surface area contributed by atoms with Crippen LogP contribution in [0.25, 0.3) is 0 Å². The van der Waals surface area contributed by atoms with Crippen molar-refractivity contribution >= 4 is 5.69 Å². The average molecular weight is 248 g/mol. The number of methoxy groups -OCH3 is 1. The average Bonchev–Trinajstić information content (AvgIpc) is 2.77. The maximum absolute atomic E-state index is 5.32. The number of hydrogen-bond acceptors (Lipinski definition) is 3. The summed E-state index contributed by atoms with van der Waals surface area (Å²) in [7, 11) is 1.72. The highest BCUT2D eigenvalue weighted by atomic mass is 16.5. The van der Waals surface area contributed by atoms with Gasteiger partial charge in [-0.2, -0.15) is 0 Å². The largest absolute Gasteiger partial charge is 0.497 e. The van der Waals surface area contributed by atoms with Gasteiger partial charge < -0.3 is 15.0 Å². The summed E-state index contributed by atoms with van der Waals surface area (Å²) in [6.07, 6.45) is 1.22. The van der Waals surface area contributed by atoms with Crippen molar-refractivity contribution in [2.24, 2.45) is 0 Å². The van der Waals surface area contributed by atoms with Gasteiger partial charge in [-0.15, -0.1) is 0 Å². The van der Waals surface area contributed by atoms with Crippen molar-refractivity contribution in [2.75, 3.05) is 25.1 Å². The van der Waals surface area contributed by atoms with Crippen LogP contribution in [0.2, 0.25) is 0 Å². The zero-order chi connectivity index (χ0) is 13.1. The fraction of sp³-hybridized carbons (Fsp3) is 0.600. The van der Waals surface area contributed by atoms with Crippen LogP contribution in [0.5, 0.6) is 5.75 Å². The zero-order valence-corrected chi connectivity index (χ0v) is 11.9. The molecule has 0 saturated carbocycles. The first-order valence-corrected chi connectivity index (χ1v) is 6.76. The summed E-state index contributed by atoms with van der Waals surface area (Å²) in [5.74, 6) is 0.941. The summed E-state index contributed by atoms with van der Waals surface area (Å²) in [5.41, 5.74) is 2.63. The normalized spacial score (nSPS) is 19.6. The van der Waals surface area contributed by atoms with Crippen LogP contribution in [0.3, 0.4) is 0 Å². The molecule has 1 unspecified atom stereocenters. The number of rotatable bonds is 4. The topological polar surface area (TPSA) is 24.5 Å². The molecule has 0 aliphatic carbocycles. The van der Waals surface area contributed by atoms with E-state index >= 15 is 0 Å². The highest BCUT2D eigenvalue weighted by Gasteiger charge is 2.24. The van der Waals surface area contributed by atoms with Crippen LogP contribution in [-0.4, -0.2) is 32.3 Å². The van der Waals surface area contributed by atoms with Crippen LogP contribution in [-0.2, 0) is 0 Å². The lowest BCUT2D eigenvalue weighted by Crippen LogP contribution is -2.37. The zero-order valence-electron chi connectivity index (χ0n) is 11.9. The van der Waals surface area contributed by atoms with Crippen LogP contribution in [0, 0.1) is 6.92 Å². The predicted octanol–water partition coefficient (Wildman–Crippen LogP) is 2.58. The Morgan fingerprint density at radius 3 is 2.83 bits per heavy atom. The molecule has 0 amide bonds. The Labute approximate surface area is 110 Å². The first-order chi connectivity index (χ1) is 8.60. The van der Waals surface area contributed by atoms with E-state index in [0.717, 1.165) is 18.8 Å². The van der Waals surface area contributed by atoms with Crippen molar-refractivity contribution in [3.05, 3.63) is 23.8 Å². The number of nitrogens with one attached hydrogen (secondary N) is 1. The SMILES string of the molecule is COc1ccc(C)c(N2CCC(NC(C)C)C2)c1. The maximum atomic E-state index is 5.32. The summed E-state index contributed by atoms with van der Waals surface area (Å²) in [4.78, 5) is 2.46. The van der Waals surface area contributed by atoms with Crippen LogP contribution in [0.15, 0.2) is 18.2 Å². The molecule has 1 heterocycles. The van der Waals surface area contributed by atoms with Gasteiger partial charge in [-0.1, -0.05) is 19.9 Å². The molecule has 100 valence electrons. The number of hydrogen-bond donors (Lipinski definition) is 1. The van der Waals surface area contributed by atoms with Gasteiger partial charge in [-0.05, 0) is 25.0 Å². The Hall–Kier alpha value is -1.22. The van der Waals surface area contributed by atoms with Crippen LogP contribution in [0.4, 0.5) is 5.69 Å². The summed E-state index contributed by atoms with van der Waals surface area (Å²) < 4.78 is 5.32. The Kier molecular flexibility index (Phi) is 4.12. The molecule has 18 heavy (non-hydrogen) atoms. The van der Waals surface area contributed by atoms with E-state index in [2.05, 4.69) is 43.1 Å². The molecule has 3 heteroatoms. The molecule has 0 radical (unpaired) electrons. The van der Waals surface area contributed by atoms with E-state index in [9.17, 15) is 0 Å². The Balaban J connectivity index is 2.08. The molecule has 1 aromatic carbocycles. The lowest BCUT2D eigenvalue weighted by Gasteiger charge is -2.22. The fourth-order valence-corrected chi connectivity index (χ4v) is 2.64. The molecule has 0 spiro atoms. The van der Waals surface area contributed by atoms with Crippen LogP contribution < -0.4 is 15.0 Å². The number of benzene rings is 1. The van der Waals surface area contributed by atoms with Crippen molar-refractivity contribution in [1.29, 1.82) is 0 Å². The smallest absolute Gasteiger partial charge is 0.120 e. The number of aryl methyl sites for hydroxylation is 1. The summed E-state index contributed by atoms with van der Waals surface area (Å²) in [5, 5.41) is 3.62. The first-order valence-electron chi connectivity index (χ1n) is 6.76. The quantitative estimate of drug-likeness (QED) is 0.886. The highest BCUT2D eigenvalue weighted by Crippen LogP contribution is 2.28. The van der Waals surface area contributed by atoms with Gasteiger partial charge >= 0.3 is 0 Å². The van der Waals surface area contributed by atoms with E-state index in [1.807, 2.05) is 6.07 Å². The molecule has 1 aliphatic heterocycles. The van der Waals surface area contributed by atoms with Crippen molar-refractivity contribution in [2.45, 2.75) is 39.3 Å². The number of ether oxygens (including phenoxy) is 1. The molecular formula is C15H24N2O. The van der Waals surface area contributed by atoms with Gasteiger partial charge in [0.25, 0.3) is 0 Å². The van der Waals surface area contributed by atoms with E-state index in [0.29, 0.717) is 12.1 Å². The Morgan fingerprint density at radius 1 is 1.39 bits per heavy atom. The van der Waals surface area contributed by atoms with Gasteiger partial charge in [0.1, 0.15) is 5.75 Å². The third kappa shape index (κ3) is 2.96. The Bertz CT molecular complexity index is 403. The highest BCUT2D eigenvalue weighted by molar-refractivity contribution is 5.57. The second-order valence-electron chi connectivity index (χ2n) is 5.41. The minimum Gasteiger partial charge on any atom is -0.497 e. The van der Waals surface area contributed by atoms with Gasteiger partial charge in [0.15, 0.2) is 0 Å². The van der Waals surface area contributed by atoms with Gasteiger partial charge in [-0.3, -0.25) is 0 Å². The van der Waals surface area contributed by atoms with Gasteiger partial charge in [0.05, 0.1) is 7.11 Å². The summed E-state index contributed by atoms with van der Waals surface area (Å²) in [6.45, 7) is 8.79. The van der Waals surface area contributed by atoms with E-state index < -0.39 is 0 Å². The molecule has 1 fully saturated rings. The molecule has 3 nitrogen and oxygen atoms in total. The molecule has 1 atom stereocenters. The molecule has 1 aliphatic rings. The lowest BCUT2D eigenvalue weighted by atomic mass is 10.1. The number of anilines is 1.